The molecule has 1 atom stereocenters. The molecular formula is C22H23ClN4O5. The minimum atomic E-state index is -0.577. The van der Waals surface area contributed by atoms with Gasteiger partial charge in [-0.25, -0.2) is 4.98 Å². The summed E-state index contributed by atoms with van der Waals surface area (Å²) in [6, 6.07) is 10.2. The van der Waals surface area contributed by atoms with Crippen LogP contribution in [0.4, 0.5) is 5.69 Å². The molecule has 0 saturated carbocycles. The number of non-ortho nitro benzene ring substituents is 1. The highest BCUT2D eigenvalue weighted by Crippen LogP contribution is 2.28. The van der Waals surface area contributed by atoms with Gasteiger partial charge < -0.3 is 9.64 Å². The number of nitrogens with zero attached hydrogens (tertiary/aromatic N) is 4. The maximum atomic E-state index is 13.2. The zero-order valence-corrected chi connectivity index (χ0v) is 18.7. The van der Waals surface area contributed by atoms with Crippen LogP contribution in [0.5, 0.6) is 0 Å². The van der Waals surface area contributed by atoms with Gasteiger partial charge in [0.25, 0.3) is 17.2 Å². The molecule has 1 heterocycles. The summed E-state index contributed by atoms with van der Waals surface area (Å²) < 4.78 is 6.69. The maximum Gasteiger partial charge on any atom is 0.270 e. The molecule has 1 unspecified atom stereocenters. The van der Waals surface area contributed by atoms with Crippen LogP contribution in [0.25, 0.3) is 10.9 Å². The molecule has 0 aliphatic heterocycles. The van der Waals surface area contributed by atoms with Gasteiger partial charge in [0.05, 0.1) is 45.6 Å². The van der Waals surface area contributed by atoms with Gasteiger partial charge in [-0.15, -0.1) is 0 Å². The molecule has 0 saturated heterocycles. The van der Waals surface area contributed by atoms with Gasteiger partial charge in [-0.3, -0.25) is 24.3 Å². The minimum Gasteiger partial charge on any atom is -0.383 e. The highest BCUT2D eigenvalue weighted by Gasteiger charge is 2.28. The van der Waals surface area contributed by atoms with E-state index in [4.69, 9.17) is 21.3 Å². The lowest BCUT2D eigenvalue weighted by atomic mass is 10.1. The van der Waals surface area contributed by atoms with Crippen molar-refractivity contribution >= 4 is 34.1 Å². The van der Waals surface area contributed by atoms with E-state index < -0.39 is 16.9 Å². The number of aromatic nitrogens is 2. The summed E-state index contributed by atoms with van der Waals surface area (Å²) in [7, 11) is 3.14. The van der Waals surface area contributed by atoms with Crippen LogP contribution in [0.1, 0.15) is 35.6 Å². The van der Waals surface area contributed by atoms with E-state index in [9.17, 15) is 19.7 Å². The molecule has 0 fully saturated rings. The number of halogens is 1. The second kappa shape index (κ2) is 9.88. The monoisotopic (exact) mass is 458 g/mol. The van der Waals surface area contributed by atoms with E-state index in [1.54, 1.807) is 38.4 Å². The number of hydrogen-bond donors (Lipinski definition) is 0. The van der Waals surface area contributed by atoms with Crippen LogP contribution in [0.2, 0.25) is 5.02 Å². The third-order valence-corrected chi connectivity index (χ3v) is 5.59. The smallest absolute Gasteiger partial charge is 0.270 e. The van der Waals surface area contributed by atoms with Crippen LogP contribution in [-0.2, 0) is 11.3 Å². The fourth-order valence-electron chi connectivity index (χ4n) is 3.59. The Balaban J connectivity index is 2.08. The number of rotatable bonds is 8. The average molecular weight is 459 g/mol. The molecule has 3 aromatic rings. The Kier molecular flexibility index (Phi) is 7.22. The van der Waals surface area contributed by atoms with E-state index in [2.05, 4.69) is 0 Å². The van der Waals surface area contributed by atoms with E-state index in [-0.39, 0.29) is 28.4 Å². The number of carbonyl (C=O) groups excluding carboxylic acids is 1. The summed E-state index contributed by atoms with van der Waals surface area (Å²) in [5.74, 6) is -0.000388. The summed E-state index contributed by atoms with van der Waals surface area (Å²) in [5, 5.41) is 11.4. The summed E-state index contributed by atoms with van der Waals surface area (Å²) in [6.07, 6.45) is 0.477. The van der Waals surface area contributed by atoms with Crippen molar-refractivity contribution in [3.63, 3.8) is 0 Å². The van der Waals surface area contributed by atoms with Crippen molar-refractivity contribution in [3.05, 3.63) is 79.3 Å². The predicted molar refractivity (Wildman–Crippen MR) is 121 cm³/mol. The second-order valence-electron chi connectivity index (χ2n) is 7.20. The largest absolute Gasteiger partial charge is 0.383 e. The average Bonchev–Trinajstić information content (AvgIpc) is 2.78. The Labute approximate surface area is 189 Å². The molecule has 168 valence electrons. The Hall–Kier alpha value is -3.30. The standard InChI is InChI=1S/C22H23ClN4O5/c1-4-19(25(2)21(28)15-10-9-14(27(30)31)13-17(15)23)20-24-18-8-6-5-7-16(18)22(29)26(20)11-12-32-3/h5-10,13,19H,4,11-12H2,1-3H3. The van der Waals surface area contributed by atoms with E-state index >= 15 is 0 Å². The molecule has 3 rings (SSSR count). The molecule has 0 aliphatic rings. The SMILES string of the molecule is CCC(c1nc2ccccc2c(=O)n1CCOC)N(C)C(=O)c1ccc([N+](=O)[O-])cc1Cl. The summed E-state index contributed by atoms with van der Waals surface area (Å²) >= 11 is 6.17. The Morgan fingerprint density at radius 2 is 2.03 bits per heavy atom. The van der Waals surface area contributed by atoms with Crippen molar-refractivity contribution in [2.24, 2.45) is 0 Å². The highest BCUT2D eigenvalue weighted by molar-refractivity contribution is 6.34. The Morgan fingerprint density at radius 3 is 2.66 bits per heavy atom. The lowest BCUT2D eigenvalue weighted by Crippen LogP contribution is -2.37. The number of nitro groups is 1. The molecular weight excluding hydrogens is 436 g/mol. The van der Waals surface area contributed by atoms with Gasteiger partial charge in [0.1, 0.15) is 5.82 Å². The summed E-state index contributed by atoms with van der Waals surface area (Å²) in [4.78, 5) is 43.0. The highest BCUT2D eigenvalue weighted by atomic mass is 35.5. The zero-order chi connectivity index (χ0) is 23.4. The van der Waals surface area contributed by atoms with Crippen LogP contribution in [-0.4, -0.2) is 46.0 Å². The summed E-state index contributed by atoms with van der Waals surface area (Å²) in [5.41, 5.74) is 0.250. The molecule has 1 amide bonds. The molecule has 10 heteroatoms. The van der Waals surface area contributed by atoms with Crippen LogP contribution in [0.15, 0.2) is 47.3 Å². The number of hydrogen-bond acceptors (Lipinski definition) is 6. The molecule has 0 bridgehead atoms. The molecule has 2 aromatic carbocycles. The van der Waals surface area contributed by atoms with Crippen molar-refractivity contribution in [1.29, 1.82) is 0 Å². The number of amides is 1. The van der Waals surface area contributed by atoms with E-state index in [0.717, 1.165) is 6.07 Å². The van der Waals surface area contributed by atoms with Gasteiger partial charge in [-0.1, -0.05) is 30.7 Å². The van der Waals surface area contributed by atoms with E-state index in [1.165, 1.54) is 21.6 Å². The molecule has 0 radical (unpaired) electrons. The molecule has 1 aromatic heterocycles. The molecule has 0 N–H and O–H groups in total. The molecule has 0 spiro atoms. The first kappa shape index (κ1) is 23.4. The first-order chi connectivity index (χ1) is 15.3. The molecule has 9 nitrogen and oxygen atoms in total. The lowest BCUT2D eigenvalue weighted by Gasteiger charge is -2.29. The van der Waals surface area contributed by atoms with Crippen molar-refractivity contribution in [1.82, 2.24) is 14.5 Å². The van der Waals surface area contributed by atoms with E-state index in [0.29, 0.717) is 29.8 Å². The maximum absolute atomic E-state index is 13.2. The number of para-hydroxylation sites is 1. The summed E-state index contributed by atoms with van der Waals surface area (Å²) in [6.45, 7) is 2.46. The number of nitro benzene ring substituents is 1. The number of benzene rings is 2. The van der Waals surface area contributed by atoms with Gasteiger partial charge >= 0.3 is 0 Å². The van der Waals surface area contributed by atoms with Gasteiger partial charge in [0.2, 0.25) is 0 Å². The fourth-order valence-corrected chi connectivity index (χ4v) is 3.85. The minimum absolute atomic E-state index is 0.0193. The number of carbonyl (C=O) groups is 1. The Morgan fingerprint density at radius 1 is 1.31 bits per heavy atom. The lowest BCUT2D eigenvalue weighted by molar-refractivity contribution is -0.384. The number of methoxy groups -OCH3 is 1. The van der Waals surface area contributed by atoms with Crippen molar-refractivity contribution in [2.45, 2.75) is 25.9 Å². The third kappa shape index (κ3) is 4.49. The molecule has 0 aliphatic carbocycles. The first-order valence-corrected chi connectivity index (χ1v) is 10.4. The van der Waals surface area contributed by atoms with Crippen molar-refractivity contribution in [3.8, 4) is 0 Å². The van der Waals surface area contributed by atoms with Crippen LogP contribution in [0, 0.1) is 10.1 Å². The van der Waals surface area contributed by atoms with Gasteiger partial charge in [0, 0.05) is 26.3 Å². The zero-order valence-electron chi connectivity index (χ0n) is 17.9. The van der Waals surface area contributed by atoms with Crippen molar-refractivity contribution < 1.29 is 14.5 Å². The van der Waals surface area contributed by atoms with Gasteiger partial charge in [0.15, 0.2) is 0 Å². The topological polar surface area (TPSA) is 108 Å². The van der Waals surface area contributed by atoms with Crippen LogP contribution >= 0.6 is 11.6 Å². The van der Waals surface area contributed by atoms with Gasteiger partial charge in [-0.2, -0.15) is 0 Å². The van der Waals surface area contributed by atoms with Crippen LogP contribution < -0.4 is 5.56 Å². The molecule has 32 heavy (non-hydrogen) atoms. The fraction of sp³-hybridized carbons (Fsp3) is 0.318. The van der Waals surface area contributed by atoms with Gasteiger partial charge in [-0.05, 0) is 24.6 Å². The quantitative estimate of drug-likeness (QED) is 0.375. The first-order valence-electron chi connectivity index (χ1n) is 9.99. The Bertz CT molecular complexity index is 1230. The second-order valence-corrected chi connectivity index (χ2v) is 7.61. The van der Waals surface area contributed by atoms with Crippen molar-refractivity contribution in [2.75, 3.05) is 20.8 Å². The van der Waals surface area contributed by atoms with Crippen LogP contribution in [0.3, 0.4) is 0 Å². The predicted octanol–water partition coefficient (Wildman–Crippen LogP) is 3.83. The normalized spacial score (nSPS) is 12.0. The number of fused-ring (bicyclic) bond motifs is 1. The number of ether oxygens (including phenoxy) is 1. The third-order valence-electron chi connectivity index (χ3n) is 5.28. The van der Waals surface area contributed by atoms with E-state index in [1.807, 2.05) is 6.92 Å².